The molecule has 2 heterocycles. The molecule has 1 unspecified atom stereocenters. The fraction of sp³-hybridized carbons (Fsp3) is 0.353. The second-order valence-corrected chi connectivity index (χ2v) is 6.42. The van der Waals surface area contributed by atoms with Gasteiger partial charge in [-0.05, 0) is 34.5 Å². The Morgan fingerprint density at radius 1 is 1.17 bits per heavy atom. The van der Waals surface area contributed by atoms with Crippen molar-refractivity contribution in [2.24, 2.45) is 0 Å². The Bertz CT molecular complexity index is 641. The number of rotatable bonds is 5. The summed E-state index contributed by atoms with van der Waals surface area (Å²) >= 11 is 3.40. The van der Waals surface area contributed by atoms with Crippen LogP contribution in [0.3, 0.4) is 0 Å². The Morgan fingerprint density at radius 3 is 2.52 bits per heavy atom. The van der Waals surface area contributed by atoms with Gasteiger partial charge < -0.3 is 19.7 Å². The Balaban J connectivity index is 1.68. The van der Waals surface area contributed by atoms with E-state index in [1.54, 1.807) is 14.2 Å². The molecule has 3 rings (SSSR count). The third-order valence-electron chi connectivity index (χ3n) is 3.97. The molecule has 0 spiro atoms. The van der Waals surface area contributed by atoms with E-state index in [2.05, 4.69) is 31.1 Å². The van der Waals surface area contributed by atoms with Crippen LogP contribution in [0.5, 0.6) is 11.5 Å². The summed E-state index contributed by atoms with van der Waals surface area (Å²) in [5.41, 5.74) is 1.12. The molecule has 6 heteroatoms. The van der Waals surface area contributed by atoms with E-state index >= 15 is 0 Å². The van der Waals surface area contributed by atoms with Crippen molar-refractivity contribution in [3.05, 3.63) is 41.0 Å². The van der Waals surface area contributed by atoms with E-state index in [1.807, 2.05) is 36.5 Å². The topological polar surface area (TPSA) is 46.6 Å². The molecule has 5 nitrogen and oxygen atoms in total. The first-order valence-corrected chi connectivity index (χ1v) is 8.33. The van der Waals surface area contributed by atoms with Crippen molar-refractivity contribution in [3.8, 4) is 11.5 Å². The number of aromatic nitrogens is 1. The molecule has 1 aliphatic heterocycles. The maximum absolute atomic E-state index is 5.35. The summed E-state index contributed by atoms with van der Waals surface area (Å²) in [6.45, 7) is 1.92. The molecule has 122 valence electrons. The number of hydrogen-bond donors (Lipinski definition) is 1. The van der Waals surface area contributed by atoms with Crippen LogP contribution in [0.1, 0.15) is 6.42 Å². The van der Waals surface area contributed by atoms with Gasteiger partial charge in [0.1, 0.15) is 17.3 Å². The number of anilines is 2. The number of benzene rings is 1. The zero-order valence-electron chi connectivity index (χ0n) is 13.3. The van der Waals surface area contributed by atoms with Gasteiger partial charge in [-0.2, -0.15) is 0 Å². The first-order valence-electron chi connectivity index (χ1n) is 7.54. The lowest BCUT2D eigenvalue weighted by molar-refractivity contribution is 0.394. The number of halogens is 1. The fourth-order valence-corrected chi connectivity index (χ4v) is 2.99. The maximum Gasteiger partial charge on any atom is 0.126 e. The largest absolute Gasteiger partial charge is 0.497 e. The Morgan fingerprint density at radius 2 is 1.91 bits per heavy atom. The first kappa shape index (κ1) is 15.9. The highest BCUT2D eigenvalue weighted by atomic mass is 79.9. The monoisotopic (exact) mass is 377 g/mol. The number of nitrogens with zero attached hydrogens (tertiary/aromatic N) is 2. The summed E-state index contributed by atoms with van der Waals surface area (Å²) in [5.74, 6) is 2.53. The molecule has 2 aromatic rings. The molecule has 1 aliphatic rings. The van der Waals surface area contributed by atoms with Gasteiger partial charge in [-0.1, -0.05) is 0 Å². The van der Waals surface area contributed by atoms with Crippen molar-refractivity contribution >= 4 is 27.4 Å². The molecule has 1 saturated heterocycles. The molecule has 0 bridgehead atoms. The molecule has 1 N–H and O–H groups in total. The zero-order chi connectivity index (χ0) is 16.2. The number of methoxy groups -OCH3 is 2. The van der Waals surface area contributed by atoms with Crippen LogP contribution in [0.2, 0.25) is 0 Å². The first-order chi connectivity index (χ1) is 11.2. The van der Waals surface area contributed by atoms with Crippen molar-refractivity contribution in [1.29, 1.82) is 0 Å². The molecule has 23 heavy (non-hydrogen) atoms. The molecule has 1 fully saturated rings. The van der Waals surface area contributed by atoms with Gasteiger partial charge in [0.15, 0.2) is 0 Å². The predicted octanol–water partition coefficient (Wildman–Crippen LogP) is 3.55. The molecular formula is C17H20BrN3O2. The van der Waals surface area contributed by atoms with Gasteiger partial charge in [-0.25, -0.2) is 4.98 Å². The Kier molecular flexibility index (Phi) is 4.91. The predicted molar refractivity (Wildman–Crippen MR) is 95.7 cm³/mol. The van der Waals surface area contributed by atoms with E-state index in [9.17, 15) is 0 Å². The third kappa shape index (κ3) is 3.88. The average Bonchev–Trinajstić information content (AvgIpc) is 3.05. The lowest BCUT2D eigenvalue weighted by Gasteiger charge is -2.20. The van der Waals surface area contributed by atoms with Gasteiger partial charge in [0.05, 0.1) is 14.2 Å². The number of hydrogen-bond acceptors (Lipinski definition) is 5. The highest BCUT2D eigenvalue weighted by Gasteiger charge is 2.23. The highest BCUT2D eigenvalue weighted by Crippen LogP contribution is 2.30. The molecule has 0 aliphatic carbocycles. The van der Waals surface area contributed by atoms with Gasteiger partial charge in [-0.3, -0.25) is 0 Å². The van der Waals surface area contributed by atoms with E-state index in [0.29, 0.717) is 6.04 Å². The van der Waals surface area contributed by atoms with Crippen molar-refractivity contribution in [2.45, 2.75) is 12.5 Å². The van der Waals surface area contributed by atoms with Crippen molar-refractivity contribution in [3.63, 3.8) is 0 Å². The minimum absolute atomic E-state index is 0.376. The van der Waals surface area contributed by atoms with Crippen molar-refractivity contribution in [2.75, 3.05) is 37.5 Å². The Hall–Kier alpha value is -1.95. The molecule has 1 atom stereocenters. The number of nitrogens with one attached hydrogen (secondary N) is 1. The number of ether oxygens (including phenoxy) is 2. The molecule has 0 saturated carbocycles. The smallest absolute Gasteiger partial charge is 0.126 e. The van der Waals surface area contributed by atoms with Crippen LogP contribution in [0, 0.1) is 0 Å². The van der Waals surface area contributed by atoms with Crippen LogP contribution in [0.4, 0.5) is 11.5 Å². The second kappa shape index (κ2) is 7.08. The van der Waals surface area contributed by atoms with Crippen LogP contribution in [-0.4, -0.2) is 38.3 Å². The SMILES string of the molecule is COc1cc(OC)cc(N2CCC(Nc3ccc(Br)cn3)C2)c1. The standard InChI is InChI=1S/C17H20BrN3O2/c1-22-15-7-14(8-16(9-15)23-2)21-6-5-13(11-21)20-17-4-3-12(18)10-19-17/h3-4,7-10,13H,5-6,11H2,1-2H3,(H,19,20). The minimum atomic E-state index is 0.376. The normalized spacial score (nSPS) is 17.2. The van der Waals surface area contributed by atoms with E-state index in [0.717, 1.165) is 47.0 Å². The van der Waals surface area contributed by atoms with Crippen LogP contribution in [0.15, 0.2) is 41.0 Å². The average molecular weight is 378 g/mol. The molecule has 0 amide bonds. The summed E-state index contributed by atoms with van der Waals surface area (Å²) in [6.07, 6.45) is 2.87. The van der Waals surface area contributed by atoms with Crippen molar-refractivity contribution in [1.82, 2.24) is 4.98 Å². The summed E-state index contributed by atoms with van der Waals surface area (Å²) in [7, 11) is 3.35. The van der Waals surface area contributed by atoms with Crippen molar-refractivity contribution < 1.29 is 9.47 Å². The van der Waals surface area contributed by atoms with Gasteiger partial charge in [0.25, 0.3) is 0 Å². The Labute approximate surface area is 144 Å². The molecule has 0 radical (unpaired) electrons. The van der Waals surface area contributed by atoms with Gasteiger partial charge in [0, 0.05) is 53.7 Å². The quantitative estimate of drug-likeness (QED) is 0.862. The van der Waals surface area contributed by atoms with E-state index in [-0.39, 0.29) is 0 Å². The molecule has 1 aromatic carbocycles. The summed E-state index contributed by atoms with van der Waals surface area (Å²) in [4.78, 5) is 6.71. The highest BCUT2D eigenvalue weighted by molar-refractivity contribution is 9.10. The van der Waals surface area contributed by atoms with Crippen LogP contribution >= 0.6 is 15.9 Å². The summed E-state index contributed by atoms with van der Waals surface area (Å²) in [6, 6.07) is 10.3. The lowest BCUT2D eigenvalue weighted by Crippen LogP contribution is -2.26. The van der Waals surface area contributed by atoms with Crippen LogP contribution < -0.4 is 19.7 Å². The minimum Gasteiger partial charge on any atom is -0.497 e. The van der Waals surface area contributed by atoms with Gasteiger partial charge >= 0.3 is 0 Å². The number of pyridine rings is 1. The van der Waals surface area contributed by atoms with E-state index < -0.39 is 0 Å². The molecular weight excluding hydrogens is 358 g/mol. The third-order valence-corrected chi connectivity index (χ3v) is 4.44. The van der Waals surface area contributed by atoms with E-state index in [4.69, 9.17) is 9.47 Å². The van der Waals surface area contributed by atoms with E-state index in [1.165, 1.54) is 0 Å². The van der Waals surface area contributed by atoms with Gasteiger partial charge in [0.2, 0.25) is 0 Å². The van der Waals surface area contributed by atoms with Crippen LogP contribution in [-0.2, 0) is 0 Å². The maximum atomic E-state index is 5.35. The molecule has 1 aromatic heterocycles. The van der Waals surface area contributed by atoms with Gasteiger partial charge in [-0.15, -0.1) is 0 Å². The summed E-state index contributed by atoms with van der Waals surface area (Å²) in [5, 5.41) is 3.49. The zero-order valence-corrected chi connectivity index (χ0v) is 14.8. The second-order valence-electron chi connectivity index (χ2n) is 5.51. The lowest BCUT2D eigenvalue weighted by atomic mass is 10.2. The van der Waals surface area contributed by atoms with Crippen LogP contribution in [0.25, 0.3) is 0 Å². The summed E-state index contributed by atoms with van der Waals surface area (Å²) < 4.78 is 11.7. The fourth-order valence-electron chi connectivity index (χ4n) is 2.76.